The van der Waals surface area contributed by atoms with Crippen molar-refractivity contribution in [2.75, 3.05) is 0 Å². The van der Waals surface area contributed by atoms with Crippen LogP contribution >= 0.6 is 11.6 Å². The number of aromatic nitrogens is 3. The summed E-state index contributed by atoms with van der Waals surface area (Å²) in [5, 5.41) is 8.65. The molecule has 110 valence electrons. The second-order valence-electron chi connectivity index (χ2n) is 5.26. The molecule has 0 spiro atoms. The molecule has 1 aromatic heterocycles. The Bertz CT molecular complexity index is 336. The summed E-state index contributed by atoms with van der Waals surface area (Å²) in [5.74, 6) is 1.04. The van der Waals surface area contributed by atoms with Crippen molar-refractivity contribution in [1.29, 1.82) is 0 Å². The SMILES string of the molecule is CCCCCCCCCCn1c(Cl)nnc1CCC. The minimum atomic E-state index is 0.548. The molecule has 0 amide bonds. The van der Waals surface area contributed by atoms with Crippen LogP contribution in [0.5, 0.6) is 0 Å². The maximum absolute atomic E-state index is 6.07. The van der Waals surface area contributed by atoms with Gasteiger partial charge in [-0.3, -0.25) is 0 Å². The third kappa shape index (κ3) is 6.42. The summed E-state index contributed by atoms with van der Waals surface area (Å²) in [6, 6.07) is 0. The van der Waals surface area contributed by atoms with Crippen LogP contribution in [0.2, 0.25) is 5.28 Å². The smallest absolute Gasteiger partial charge is 0.225 e. The molecule has 0 aliphatic rings. The summed E-state index contributed by atoms with van der Waals surface area (Å²) in [7, 11) is 0. The Balaban J connectivity index is 2.13. The quantitative estimate of drug-likeness (QED) is 0.534. The summed E-state index contributed by atoms with van der Waals surface area (Å²) in [6.07, 6.45) is 12.7. The lowest BCUT2D eigenvalue weighted by molar-refractivity contribution is 0.534. The maximum atomic E-state index is 6.07. The third-order valence-electron chi connectivity index (χ3n) is 3.49. The molecule has 0 radical (unpaired) electrons. The lowest BCUT2D eigenvalue weighted by atomic mass is 10.1. The van der Waals surface area contributed by atoms with Gasteiger partial charge in [-0.1, -0.05) is 58.8 Å². The summed E-state index contributed by atoms with van der Waals surface area (Å²) in [5.41, 5.74) is 0. The first kappa shape index (κ1) is 16.5. The van der Waals surface area contributed by atoms with E-state index in [2.05, 4.69) is 28.6 Å². The fourth-order valence-electron chi connectivity index (χ4n) is 2.35. The Labute approximate surface area is 122 Å². The molecule has 0 unspecified atom stereocenters. The highest BCUT2D eigenvalue weighted by Gasteiger charge is 2.08. The monoisotopic (exact) mass is 285 g/mol. The Morgan fingerprint density at radius 2 is 1.47 bits per heavy atom. The first-order valence-electron chi connectivity index (χ1n) is 7.87. The van der Waals surface area contributed by atoms with Gasteiger partial charge in [0.2, 0.25) is 5.28 Å². The van der Waals surface area contributed by atoms with Crippen molar-refractivity contribution in [1.82, 2.24) is 14.8 Å². The van der Waals surface area contributed by atoms with Gasteiger partial charge in [-0.25, -0.2) is 0 Å². The molecule has 19 heavy (non-hydrogen) atoms. The van der Waals surface area contributed by atoms with E-state index in [9.17, 15) is 0 Å². The Hall–Kier alpha value is -0.570. The van der Waals surface area contributed by atoms with Gasteiger partial charge in [0.25, 0.3) is 0 Å². The highest BCUT2D eigenvalue weighted by atomic mass is 35.5. The molecule has 1 heterocycles. The fourth-order valence-corrected chi connectivity index (χ4v) is 2.57. The molecule has 0 saturated carbocycles. The normalized spacial score (nSPS) is 11.1. The Morgan fingerprint density at radius 3 is 2.11 bits per heavy atom. The molecule has 0 N–H and O–H groups in total. The zero-order chi connectivity index (χ0) is 13.9. The first-order valence-corrected chi connectivity index (χ1v) is 8.25. The average molecular weight is 286 g/mol. The van der Waals surface area contributed by atoms with E-state index in [-0.39, 0.29) is 0 Å². The van der Waals surface area contributed by atoms with Crippen LogP contribution in [0.4, 0.5) is 0 Å². The van der Waals surface area contributed by atoms with E-state index in [0.717, 1.165) is 25.2 Å². The van der Waals surface area contributed by atoms with Gasteiger partial charge in [0.05, 0.1) is 0 Å². The second kappa shape index (κ2) is 10.2. The molecular formula is C15H28ClN3. The molecule has 0 atom stereocenters. The van der Waals surface area contributed by atoms with Crippen LogP contribution in [0, 0.1) is 0 Å². The lowest BCUT2D eigenvalue weighted by Crippen LogP contribution is -2.04. The number of nitrogens with zero attached hydrogens (tertiary/aromatic N) is 3. The minimum absolute atomic E-state index is 0.548. The van der Waals surface area contributed by atoms with E-state index in [1.807, 2.05) is 0 Å². The molecule has 1 rings (SSSR count). The molecule has 1 aromatic rings. The van der Waals surface area contributed by atoms with Crippen LogP contribution in [0.1, 0.15) is 77.5 Å². The van der Waals surface area contributed by atoms with Gasteiger partial charge in [0.1, 0.15) is 5.82 Å². The van der Waals surface area contributed by atoms with Crippen molar-refractivity contribution in [3.8, 4) is 0 Å². The van der Waals surface area contributed by atoms with Crippen molar-refractivity contribution < 1.29 is 0 Å². The number of aryl methyl sites for hydroxylation is 1. The van der Waals surface area contributed by atoms with Gasteiger partial charge in [0.15, 0.2) is 0 Å². The second-order valence-corrected chi connectivity index (χ2v) is 5.60. The number of hydrogen-bond acceptors (Lipinski definition) is 2. The third-order valence-corrected chi connectivity index (χ3v) is 3.77. The lowest BCUT2D eigenvalue weighted by Gasteiger charge is -2.07. The molecule has 0 saturated heterocycles. The van der Waals surface area contributed by atoms with E-state index in [4.69, 9.17) is 11.6 Å². The van der Waals surface area contributed by atoms with Crippen molar-refractivity contribution in [3.05, 3.63) is 11.1 Å². The van der Waals surface area contributed by atoms with Crippen molar-refractivity contribution in [3.63, 3.8) is 0 Å². The largest absolute Gasteiger partial charge is 0.302 e. The summed E-state index contributed by atoms with van der Waals surface area (Å²) >= 11 is 6.07. The standard InChI is InChI=1S/C15H28ClN3/c1-3-5-6-7-8-9-10-11-13-19-14(12-4-2)17-18-15(19)16/h3-13H2,1-2H3. The molecule has 0 aliphatic heterocycles. The molecule has 3 nitrogen and oxygen atoms in total. The Morgan fingerprint density at radius 1 is 0.842 bits per heavy atom. The van der Waals surface area contributed by atoms with Crippen LogP contribution in [0.15, 0.2) is 0 Å². The van der Waals surface area contributed by atoms with Gasteiger partial charge in [-0.2, -0.15) is 0 Å². The first-order chi connectivity index (χ1) is 9.29. The van der Waals surface area contributed by atoms with E-state index < -0.39 is 0 Å². The highest BCUT2D eigenvalue weighted by Crippen LogP contribution is 2.13. The van der Waals surface area contributed by atoms with E-state index >= 15 is 0 Å². The zero-order valence-corrected chi connectivity index (χ0v) is 13.3. The number of hydrogen-bond donors (Lipinski definition) is 0. The summed E-state index contributed by atoms with van der Waals surface area (Å²) < 4.78 is 2.07. The molecule has 0 aromatic carbocycles. The topological polar surface area (TPSA) is 30.7 Å². The predicted molar refractivity (Wildman–Crippen MR) is 81.6 cm³/mol. The number of halogens is 1. The number of unbranched alkanes of at least 4 members (excludes halogenated alkanes) is 7. The molecule has 0 aliphatic carbocycles. The molecule has 0 bridgehead atoms. The summed E-state index contributed by atoms with van der Waals surface area (Å²) in [4.78, 5) is 0. The van der Waals surface area contributed by atoms with Crippen molar-refractivity contribution in [2.24, 2.45) is 0 Å². The van der Waals surface area contributed by atoms with E-state index in [1.165, 1.54) is 51.4 Å². The highest BCUT2D eigenvalue weighted by molar-refractivity contribution is 6.28. The van der Waals surface area contributed by atoms with Gasteiger partial charge < -0.3 is 4.57 Å². The van der Waals surface area contributed by atoms with Gasteiger partial charge in [0, 0.05) is 13.0 Å². The van der Waals surface area contributed by atoms with E-state index in [0.29, 0.717) is 5.28 Å². The van der Waals surface area contributed by atoms with Crippen LogP contribution in [-0.2, 0) is 13.0 Å². The minimum Gasteiger partial charge on any atom is -0.302 e. The molecular weight excluding hydrogens is 258 g/mol. The maximum Gasteiger partial charge on any atom is 0.225 e. The van der Waals surface area contributed by atoms with E-state index in [1.54, 1.807) is 0 Å². The van der Waals surface area contributed by atoms with Gasteiger partial charge >= 0.3 is 0 Å². The van der Waals surface area contributed by atoms with Crippen LogP contribution in [-0.4, -0.2) is 14.8 Å². The van der Waals surface area contributed by atoms with Gasteiger partial charge in [-0.15, -0.1) is 10.2 Å². The van der Waals surface area contributed by atoms with Crippen LogP contribution in [0.25, 0.3) is 0 Å². The average Bonchev–Trinajstić information content (AvgIpc) is 2.75. The van der Waals surface area contributed by atoms with Crippen LogP contribution in [0.3, 0.4) is 0 Å². The molecule has 4 heteroatoms. The Kier molecular flexibility index (Phi) is 8.89. The summed E-state index contributed by atoms with van der Waals surface area (Å²) in [6.45, 7) is 5.39. The van der Waals surface area contributed by atoms with Crippen molar-refractivity contribution in [2.45, 2.75) is 84.6 Å². The van der Waals surface area contributed by atoms with Crippen LogP contribution < -0.4 is 0 Å². The number of rotatable bonds is 11. The van der Waals surface area contributed by atoms with Gasteiger partial charge in [-0.05, 0) is 24.4 Å². The molecule has 0 fully saturated rings. The predicted octanol–water partition coefficient (Wildman–Crippen LogP) is 5.02. The fraction of sp³-hybridized carbons (Fsp3) is 0.867. The van der Waals surface area contributed by atoms with Crippen molar-refractivity contribution >= 4 is 11.6 Å². The zero-order valence-electron chi connectivity index (χ0n) is 12.5.